The number of hydrogen-bond donors (Lipinski definition) is 2. The minimum Gasteiger partial charge on any atom is -0.321 e. The van der Waals surface area contributed by atoms with Crippen LogP contribution < -0.4 is 0 Å². The van der Waals surface area contributed by atoms with Crippen LogP contribution in [0.3, 0.4) is 0 Å². The van der Waals surface area contributed by atoms with Crippen molar-refractivity contribution >= 4 is 33.4 Å². The van der Waals surface area contributed by atoms with Crippen LogP contribution in [0.2, 0.25) is 0 Å². The van der Waals surface area contributed by atoms with Crippen molar-refractivity contribution in [2.45, 2.75) is 18.9 Å². The third-order valence-corrected chi connectivity index (χ3v) is 7.70. The first-order valence-electron chi connectivity index (χ1n) is 12.1. The molecule has 7 rings (SSSR count). The number of benzene rings is 1. The fraction of sp³-hybridized carbons (Fsp3) is 0.185. The van der Waals surface area contributed by atoms with Gasteiger partial charge in [0, 0.05) is 59.5 Å². The minimum absolute atomic E-state index is 0.108. The summed E-state index contributed by atoms with van der Waals surface area (Å²) < 4.78 is 40.9. The van der Waals surface area contributed by atoms with Gasteiger partial charge in [-0.05, 0) is 47.5 Å². The Kier molecular flexibility index (Phi) is 5.31. The number of rotatable bonds is 5. The Labute approximate surface area is 218 Å². The van der Waals surface area contributed by atoms with Crippen LogP contribution in [0.25, 0.3) is 55.2 Å². The van der Waals surface area contributed by atoms with Crippen LogP contribution in [-0.4, -0.2) is 54.0 Å². The van der Waals surface area contributed by atoms with Crippen molar-refractivity contribution in [2.75, 3.05) is 13.1 Å². The lowest BCUT2D eigenvalue weighted by Gasteiger charge is -2.15. The third kappa shape index (κ3) is 4.13. The predicted octanol–water partition coefficient (Wildman–Crippen LogP) is 6.27. The molecule has 5 aromatic heterocycles. The molecule has 1 aliphatic rings. The number of thiophene rings is 1. The molecule has 0 radical (unpaired) electrons. The summed E-state index contributed by atoms with van der Waals surface area (Å²) in [7, 11) is 0. The second-order valence-electron chi connectivity index (χ2n) is 9.48. The largest absolute Gasteiger partial charge is 0.321 e. The maximum atomic E-state index is 13.7. The molecule has 0 spiro atoms. The summed E-state index contributed by atoms with van der Waals surface area (Å²) in [6.07, 6.45) is 5.05. The highest BCUT2D eigenvalue weighted by Gasteiger charge is 2.37. The Bertz CT molecular complexity index is 1810. The monoisotopic (exact) mass is 531 g/mol. The van der Waals surface area contributed by atoms with Crippen LogP contribution in [0.1, 0.15) is 12.0 Å². The Hall–Kier alpha value is -4.09. The highest BCUT2D eigenvalue weighted by molar-refractivity contribution is 7.14. The molecule has 1 fully saturated rings. The van der Waals surface area contributed by atoms with E-state index in [0.717, 1.165) is 49.4 Å². The van der Waals surface area contributed by atoms with Gasteiger partial charge in [-0.1, -0.05) is 6.07 Å². The quantitative estimate of drug-likeness (QED) is 0.274. The van der Waals surface area contributed by atoms with Gasteiger partial charge in [0.1, 0.15) is 11.2 Å². The molecule has 7 nitrogen and oxygen atoms in total. The predicted molar refractivity (Wildman–Crippen MR) is 140 cm³/mol. The number of pyridine rings is 2. The van der Waals surface area contributed by atoms with Crippen molar-refractivity contribution in [1.82, 2.24) is 35.0 Å². The maximum absolute atomic E-state index is 13.7. The molecule has 1 aromatic carbocycles. The van der Waals surface area contributed by atoms with Crippen molar-refractivity contribution in [3.8, 4) is 33.1 Å². The lowest BCUT2D eigenvalue weighted by Crippen LogP contribution is -2.24. The molecule has 190 valence electrons. The number of likely N-dealkylation sites (tertiary alicyclic amines) is 1. The molecule has 1 aliphatic heterocycles. The van der Waals surface area contributed by atoms with E-state index < -0.39 is 5.92 Å². The van der Waals surface area contributed by atoms with E-state index in [1.165, 1.54) is 6.07 Å². The third-order valence-electron chi connectivity index (χ3n) is 6.79. The number of nitrogens with zero attached hydrogens (tertiary/aromatic N) is 5. The van der Waals surface area contributed by atoms with E-state index in [1.54, 1.807) is 29.6 Å². The summed E-state index contributed by atoms with van der Waals surface area (Å²) in [4.78, 5) is 19.3. The van der Waals surface area contributed by atoms with E-state index >= 15 is 0 Å². The van der Waals surface area contributed by atoms with Crippen molar-refractivity contribution in [3.63, 3.8) is 0 Å². The van der Waals surface area contributed by atoms with Crippen LogP contribution in [-0.2, 0) is 6.54 Å². The molecule has 38 heavy (non-hydrogen) atoms. The smallest absolute Gasteiger partial charge is 0.261 e. The molecule has 11 heteroatoms. The van der Waals surface area contributed by atoms with Gasteiger partial charge in [0.2, 0.25) is 0 Å². The van der Waals surface area contributed by atoms with Crippen molar-refractivity contribution in [2.24, 2.45) is 0 Å². The van der Waals surface area contributed by atoms with E-state index in [4.69, 9.17) is 4.98 Å². The van der Waals surface area contributed by atoms with Gasteiger partial charge in [-0.25, -0.2) is 18.7 Å². The number of imidazole rings is 1. The van der Waals surface area contributed by atoms with E-state index in [0.29, 0.717) is 35.8 Å². The average Bonchev–Trinajstić information content (AvgIpc) is 3.69. The molecule has 0 amide bonds. The summed E-state index contributed by atoms with van der Waals surface area (Å²) in [5, 5.41) is 8.16. The molecule has 0 unspecified atom stereocenters. The molecule has 0 bridgehead atoms. The van der Waals surface area contributed by atoms with Gasteiger partial charge in [0.15, 0.2) is 16.6 Å². The Morgan fingerprint density at radius 1 is 1.05 bits per heavy atom. The van der Waals surface area contributed by atoms with Crippen LogP contribution in [0.5, 0.6) is 0 Å². The molecule has 1 saturated heterocycles. The number of aromatic amines is 2. The zero-order chi connectivity index (χ0) is 25.9. The van der Waals surface area contributed by atoms with Gasteiger partial charge in [-0.2, -0.15) is 9.49 Å². The van der Waals surface area contributed by atoms with Crippen LogP contribution >= 0.6 is 11.3 Å². The Morgan fingerprint density at radius 2 is 1.97 bits per heavy atom. The second kappa shape index (κ2) is 8.74. The van der Waals surface area contributed by atoms with E-state index in [2.05, 4.69) is 25.1 Å². The number of H-pyrrole nitrogens is 2. The first kappa shape index (κ1) is 23.1. The number of hydrogen-bond acceptors (Lipinski definition) is 6. The fourth-order valence-electron chi connectivity index (χ4n) is 4.99. The highest BCUT2D eigenvalue weighted by Crippen LogP contribution is 2.35. The molecule has 0 aliphatic carbocycles. The molecular weight excluding hydrogens is 511 g/mol. The summed E-state index contributed by atoms with van der Waals surface area (Å²) in [6, 6.07) is 12.9. The topological polar surface area (TPSA) is 86.4 Å². The summed E-state index contributed by atoms with van der Waals surface area (Å²) in [6.45, 7) is 0.576. The van der Waals surface area contributed by atoms with E-state index in [1.807, 2.05) is 30.3 Å². The van der Waals surface area contributed by atoms with E-state index in [-0.39, 0.29) is 18.1 Å². The average molecular weight is 532 g/mol. The minimum atomic E-state index is -2.62. The number of fused-ring (bicyclic) bond motifs is 2. The molecule has 0 saturated carbocycles. The summed E-state index contributed by atoms with van der Waals surface area (Å²) >= 11 is 1.06. The summed E-state index contributed by atoms with van der Waals surface area (Å²) in [5.41, 5.74) is 6.18. The second-order valence-corrected chi connectivity index (χ2v) is 10.5. The van der Waals surface area contributed by atoms with Gasteiger partial charge < -0.3 is 4.98 Å². The number of alkyl halides is 2. The van der Waals surface area contributed by atoms with Gasteiger partial charge >= 0.3 is 0 Å². The fourth-order valence-corrected chi connectivity index (χ4v) is 5.74. The molecular formula is C27H20F3N7S. The van der Waals surface area contributed by atoms with Gasteiger partial charge in [-0.3, -0.25) is 15.0 Å². The number of nitrogens with one attached hydrogen (secondary N) is 2. The zero-order valence-corrected chi connectivity index (χ0v) is 20.7. The lowest BCUT2D eigenvalue weighted by molar-refractivity contribution is 0.0115. The Balaban J connectivity index is 1.24. The zero-order valence-electron chi connectivity index (χ0n) is 19.9. The summed E-state index contributed by atoms with van der Waals surface area (Å²) in [5.74, 6) is -2.08. The van der Waals surface area contributed by atoms with E-state index in [9.17, 15) is 13.2 Å². The first-order chi connectivity index (χ1) is 18.4. The van der Waals surface area contributed by atoms with Crippen molar-refractivity contribution in [1.29, 1.82) is 0 Å². The normalized spacial score (nSPS) is 15.7. The molecule has 6 heterocycles. The van der Waals surface area contributed by atoms with Gasteiger partial charge in [-0.15, -0.1) is 11.3 Å². The van der Waals surface area contributed by atoms with Gasteiger partial charge in [0.25, 0.3) is 5.92 Å². The first-order valence-corrected chi connectivity index (χ1v) is 12.9. The van der Waals surface area contributed by atoms with Crippen LogP contribution in [0.15, 0.2) is 61.1 Å². The molecule has 6 aromatic rings. The standard InChI is InChI=1S/C27H20F3N7S/c28-22-4-3-21(38-22)18-5-7-32-25-23(18)33-26(34-25)24-19-10-16(1-2-20(19)35-36-24)17-9-15(11-31-12-17)13-37-8-6-27(29,30)14-37/h1-5,7,9-12H,6,8,13-14H2,(H,35,36)(H,32,33,34). The number of halogens is 3. The maximum Gasteiger partial charge on any atom is 0.261 e. The van der Waals surface area contributed by atoms with Gasteiger partial charge in [0.05, 0.1) is 12.1 Å². The SMILES string of the molecule is Fc1ccc(-c2ccnc3[nH]c(-c4n[nH]c5ccc(-c6cncc(CN7CCC(F)(F)C7)c6)cc45)nc23)s1. The van der Waals surface area contributed by atoms with Crippen molar-refractivity contribution in [3.05, 3.63) is 71.7 Å². The molecule has 0 atom stereocenters. The highest BCUT2D eigenvalue weighted by atomic mass is 32.1. The van der Waals surface area contributed by atoms with Crippen molar-refractivity contribution < 1.29 is 13.2 Å². The van der Waals surface area contributed by atoms with Crippen LogP contribution in [0, 0.1) is 5.13 Å². The number of aromatic nitrogens is 6. The lowest BCUT2D eigenvalue weighted by atomic mass is 10.0. The Morgan fingerprint density at radius 3 is 2.79 bits per heavy atom. The molecule has 2 N–H and O–H groups in total. The van der Waals surface area contributed by atoms with Crippen LogP contribution in [0.4, 0.5) is 13.2 Å².